The smallest absolute Gasteiger partial charge is 0.388 e. The molecular weight excluding hydrogens is 401 g/mol. The van der Waals surface area contributed by atoms with Crippen LogP contribution >= 0.6 is 0 Å². The van der Waals surface area contributed by atoms with Crippen LogP contribution in [-0.4, -0.2) is 35.9 Å². The van der Waals surface area contributed by atoms with Crippen molar-refractivity contribution < 1.29 is 22.7 Å². The second-order valence-corrected chi connectivity index (χ2v) is 6.78. The van der Waals surface area contributed by atoms with Crippen molar-refractivity contribution in [3.8, 4) is 0 Å². The van der Waals surface area contributed by atoms with E-state index in [1.165, 1.54) is 25.2 Å². The summed E-state index contributed by atoms with van der Waals surface area (Å²) in [5.41, 5.74) is -0.0324. The van der Waals surface area contributed by atoms with Crippen LogP contribution in [-0.2, 0) is 10.9 Å². The molecule has 0 unspecified atom stereocenters. The minimum atomic E-state index is -4.51. The zero-order chi connectivity index (χ0) is 21.9. The van der Waals surface area contributed by atoms with E-state index >= 15 is 0 Å². The Kier molecular flexibility index (Phi) is 6.25. The predicted octanol–water partition coefficient (Wildman–Crippen LogP) is 3.06. The molecule has 2 heterocycles. The summed E-state index contributed by atoms with van der Waals surface area (Å²) in [5, 5.41) is 9.44. The normalized spacial score (nSPS) is 15.3. The second-order valence-electron chi connectivity index (χ2n) is 6.78. The van der Waals surface area contributed by atoms with Crippen molar-refractivity contribution in [1.29, 1.82) is 0 Å². The summed E-state index contributed by atoms with van der Waals surface area (Å²) in [6.07, 6.45) is -2.32. The SMILES string of the molecule is CNc1cc([C@@H](C)NC(=O)c2ccc(=O)n(C3=CCOCC3)n2)cc(C(F)(F)F)c1. The molecule has 1 aliphatic rings. The Morgan fingerprint density at radius 3 is 2.67 bits per heavy atom. The molecule has 0 radical (unpaired) electrons. The van der Waals surface area contributed by atoms with Crippen LogP contribution in [0, 0.1) is 0 Å². The number of nitrogens with one attached hydrogen (secondary N) is 2. The van der Waals surface area contributed by atoms with Gasteiger partial charge in [0.15, 0.2) is 0 Å². The van der Waals surface area contributed by atoms with E-state index in [9.17, 15) is 22.8 Å². The number of amides is 1. The average Bonchev–Trinajstić information content (AvgIpc) is 2.73. The van der Waals surface area contributed by atoms with E-state index in [0.717, 1.165) is 16.8 Å². The number of hydrogen-bond donors (Lipinski definition) is 2. The molecule has 1 atom stereocenters. The Balaban J connectivity index is 1.84. The number of halogens is 3. The van der Waals surface area contributed by atoms with Crippen LogP contribution in [0.15, 0.2) is 41.2 Å². The summed E-state index contributed by atoms with van der Waals surface area (Å²) in [4.78, 5) is 24.8. The van der Waals surface area contributed by atoms with Crippen molar-refractivity contribution in [2.75, 3.05) is 25.6 Å². The highest BCUT2D eigenvalue weighted by molar-refractivity contribution is 5.92. The number of nitrogens with zero attached hydrogens (tertiary/aromatic N) is 2. The molecule has 30 heavy (non-hydrogen) atoms. The summed E-state index contributed by atoms with van der Waals surface area (Å²) in [7, 11) is 1.51. The summed E-state index contributed by atoms with van der Waals surface area (Å²) in [5.74, 6) is -0.604. The molecule has 1 aromatic heterocycles. The van der Waals surface area contributed by atoms with Crippen LogP contribution in [0.25, 0.3) is 5.70 Å². The molecule has 0 fully saturated rings. The third-order valence-corrected chi connectivity index (χ3v) is 4.66. The fourth-order valence-corrected chi connectivity index (χ4v) is 3.01. The zero-order valence-corrected chi connectivity index (χ0v) is 16.4. The Hall–Kier alpha value is -3.14. The van der Waals surface area contributed by atoms with Gasteiger partial charge in [-0.05, 0) is 42.8 Å². The second kappa shape index (κ2) is 8.70. The van der Waals surface area contributed by atoms with Gasteiger partial charge in [-0.1, -0.05) is 0 Å². The summed E-state index contributed by atoms with van der Waals surface area (Å²) >= 11 is 0. The third kappa shape index (κ3) is 4.88. The van der Waals surface area contributed by atoms with Crippen LogP contribution in [0.1, 0.15) is 41.0 Å². The van der Waals surface area contributed by atoms with Gasteiger partial charge in [-0.2, -0.15) is 18.3 Å². The maximum absolute atomic E-state index is 13.2. The fraction of sp³-hybridized carbons (Fsp3) is 0.350. The molecule has 10 heteroatoms. The van der Waals surface area contributed by atoms with Gasteiger partial charge < -0.3 is 15.4 Å². The average molecular weight is 422 g/mol. The number of aromatic nitrogens is 2. The molecule has 0 saturated carbocycles. The minimum absolute atomic E-state index is 0.0188. The maximum atomic E-state index is 13.2. The van der Waals surface area contributed by atoms with Gasteiger partial charge in [0.25, 0.3) is 11.5 Å². The van der Waals surface area contributed by atoms with Gasteiger partial charge in [-0.3, -0.25) is 9.59 Å². The highest BCUT2D eigenvalue weighted by Gasteiger charge is 2.31. The lowest BCUT2D eigenvalue weighted by Crippen LogP contribution is -2.31. The fourth-order valence-electron chi connectivity index (χ4n) is 3.01. The van der Waals surface area contributed by atoms with Crippen molar-refractivity contribution in [1.82, 2.24) is 15.1 Å². The molecule has 1 amide bonds. The van der Waals surface area contributed by atoms with E-state index in [0.29, 0.717) is 25.3 Å². The first-order chi connectivity index (χ1) is 14.2. The lowest BCUT2D eigenvalue weighted by molar-refractivity contribution is -0.137. The van der Waals surface area contributed by atoms with Crippen molar-refractivity contribution in [2.24, 2.45) is 0 Å². The van der Waals surface area contributed by atoms with Gasteiger partial charge in [0.2, 0.25) is 0 Å². The van der Waals surface area contributed by atoms with Crippen LogP contribution in [0.2, 0.25) is 0 Å². The summed E-state index contributed by atoms with van der Waals surface area (Å²) in [6.45, 7) is 2.36. The highest BCUT2D eigenvalue weighted by atomic mass is 19.4. The zero-order valence-electron chi connectivity index (χ0n) is 16.4. The molecule has 0 bridgehead atoms. The lowest BCUT2D eigenvalue weighted by Gasteiger charge is -2.18. The Labute approximate surface area is 170 Å². The van der Waals surface area contributed by atoms with Crippen molar-refractivity contribution in [3.63, 3.8) is 0 Å². The first kappa shape index (κ1) is 21.6. The number of carbonyl (C=O) groups excluding carboxylic acids is 1. The molecule has 3 rings (SSSR count). The van der Waals surface area contributed by atoms with Gasteiger partial charge in [-0.25, -0.2) is 4.68 Å². The summed E-state index contributed by atoms with van der Waals surface area (Å²) < 4.78 is 45.8. The van der Waals surface area contributed by atoms with E-state index in [2.05, 4.69) is 15.7 Å². The number of anilines is 1. The largest absolute Gasteiger partial charge is 0.416 e. The van der Waals surface area contributed by atoms with Crippen LogP contribution in [0.5, 0.6) is 0 Å². The highest BCUT2D eigenvalue weighted by Crippen LogP contribution is 2.33. The summed E-state index contributed by atoms with van der Waals surface area (Å²) in [6, 6.07) is 5.31. The molecule has 0 aliphatic carbocycles. The lowest BCUT2D eigenvalue weighted by atomic mass is 10.0. The van der Waals surface area contributed by atoms with Gasteiger partial charge in [-0.15, -0.1) is 0 Å². The topological polar surface area (TPSA) is 85.2 Å². The Morgan fingerprint density at radius 2 is 2.03 bits per heavy atom. The quantitative estimate of drug-likeness (QED) is 0.774. The molecule has 0 saturated heterocycles. The minimum Gasteiger partial charge on any atom is -0.388 e. The van der Waals surface area contributed by atoms with E-state index in [1.807, 2.05) is 0 Å². The molecule has 2 N–H and O–H groups in total. The van der Waals surface area contributed by atoms with Gasteiger partial charge >= 0.3 is 6.18 Å². The van der Waals surface area contributed by atoms with Gasteiger partial charge in [0.05, 0.1) is 24.8 Å². The van der Waals surface area contributed by atoms with Crippen molar-refractivity contribution in [3.05, 3.63) is 63.6 Å². The number of alkyl halides is 3. The molecule has 2 aromatic rings. The number of hydrogen-bond acceptors (Lipinski definition) is 5. The number of rotatable bonds is 5. The standard InChI is InChI=1S/C20H21F3N4O3/c1-12(13-9-14(20(21,22)23)11-15(10-13)24-2)25-19(29)17-3-4-18(28)27(26-17)16-5-7-30-8-6-16/h3-5,9-12,24H,6-8H2,1-2H3,(H,25,29)/t12-/m1/s1. The first-order valence-corrected chi connectivity index (χ1v) is 9.27. The third-order valence-electron chi connectivity index (χ3n) is 4.66. The molecule has 1 aromatic carbocycles. The van der Waals surface area contributed by atoms with Crippen LogP contribution < -0.4 is 16.2 Å². The predicted molar refractivity (Wildman–Crippen MR) is 105 cm³/mol. The van der Waals surface area contributed by atoms with E-state index in [1.54, 1.807) is 13.0 Å². The molecule has 1 aliphatic heterocycles. The van der Waals surface area contributed by atoms with Crippen molar-refractivity contribution >= 4 is 17.3 Å². The van der Waals surface area contributed by atoms with E-state index in [4.69, 9.17) is 4.74 Å². The monoisotopic (exact) mass is 422 g/mol. The van der Waals surface area contributed by atoms with Crippen LogP contribution in [0.4, 0.5) is 18.9 Å². The van der Waals surface area contributed by atoms with Gasteiger partial charge in [0, 0.05) is 30.9 Å². The molecule has 7 nitrogen and oxygen atoms in total. The number of benzene rings is 1. The maximum Gasteiger partial charge on any atom is 0.416 e. The van der Waals surface area contributed by atoms with E-state index in [-0.39, 0.29) is 22.5 Å². The van der Waals surface area contributed by atoms with Crippen LogP contribution in [0.3, 0.4) is 0 Å². The molecular formula is C20H21F3N4O3. The first-order valence-electron chi connectivity index (χ1n) is 9.27. The number of ether oxygens (including phenoxy) is 1. The molecule has 160 valence electrons. The number of carbonyl (C=O) groups is 1. The van der Waals surface area contributed by atoms with Crippen molar-refractivity contribution in [2.45, 2.75) is 25.6 Å². The Morgan fingerprint density at radius 1 is 1.27 bits per heavy atom. The van der Waals surface area contributed by atoms with E-state index < -0.39 is 23.7 Å². The molecule has 0 spiro atoms. The Bertz CT molecular complexity index is 1030. The van der Waals surface area contributed by atoms with Gasteiger partial charge in [0.1, 0.15) is 5.69 Å².